The minimum atomic E-state index is -0.543. The number of nitrogens with one attached hydrogen (secondary N) is 1. The number of rotatable bonds is 2. The van der Waals surface area contributed by atoms with Crippen LogP contribution in [0, 0.1) is 11.6 Å². The van der Waals surface area contributed by atoms with Crippen molar-refractivity contribution in [3.63, 3.8) is 0 Å². The molecule has 1 aliphatic rings. The first-order chi connectivity index (χ1) is 7.16. The lowest BCUT2D eigenvalue weighted by atomic mass is 10.2. The average Bonchev–Trinajstić information content (AvgIpc) is 2.63. The van der Waals surface area contributed by atoms with Crippen molar-refractivity contribution in [2.45, 2.75) is 12.5 Å². The molecule has 1 aromatic rings. The zero-order chi connectivity index (χ0) is 10.8. The number of thioether (sulfide) groups is 1. The minimum absolute atomic E-state index is 0.00861. The normalized spacial score (nSPS) is 20.6. The Kier molecular flexibility index (Phi) is 3.51. The largest absolute Gasteiger partial charge is 0.377 e. The first-order valence-electron chi connectivity index (χ1n) is 4.65. The summed E-state index contributed by atoms with van der Waals surface area (Å²) in [6, 6.07) is 2.72. The molecule has 1 nitrogen and oxygen atoms in total. The molecule has 0 amide bonds. The average molecular weight is 294 g/mol. The Morgan fingerprint density at radius 2 is 2.00 bits per heavy atom. The van der Waals surface area contributed by atoms with Gasteiger partial charge in [0.2, 0.25) is 0 Å². The van der Waals surface area contributed by atoms with Crippen molar-refractivity contribution in [2.75, 3.05) is 16.8 Å². The van der Waals surface area contributed by atoms with Gasteiger partial charge in [0.15, 0.2) is 0 Å². The predicted molar refractivity (Wildman–Crippen MR) is 63.4 cm³/mol. The Hall–Kier alpha value is -0.290. The zero-order valence-corrected chi connectivity index (χ0v) is 10.3. The first-order valence-corrected chi connectivity index (χ1v) is 6.60. The van der Waals surface area contributed by atoms with E-state index in [-0.39, 0.29) is 11.7 Å². The Morgan fingerprint density at radius 3 is 2.53 bits per heavy atom. The van der Waals surface area contributed by atoms with E-state index in [1.54, 1.807) is 11.8 Å². The summed E-state index contributed by atoms with van der Waals surface area (Å²) < 4.78 is 27.3. The lowest BCUT2D eigenvalue weighted by Crippen LogP contribution is -2.19. The zero-order valence-electron chi connectivity index (χ0n) is 7.90. The lowest BCUT2D eigenvalue weighted by molar-refractivity contribution is 0.582. The van der Waals surface area contributed by atoms with Crippen molar-refractivity contribution in [1.82, 2.24) is 0 Å². The third-order valence-electron chi connectivity index (χ3n) is 2.29. The summed E-state index contributed by atoms with van der Waals surface area (Å²) in [5.74, 6) is 0.879. The Balaban J connectivity index is 2.19. The summed E-state index contributed by atoms with van der Waals surface area (Å²) in [6.45, 7) is 0. The van der Waals surface area contributed by atoms with Gasteiger partial charge in [-0.15, -0.1) is 0 Å². The first kappa shape index (κ1) is 11.2. The maximum absolute atomic E-state index is 13.4. The van der Waals surface area contributed by atoms with E-state index in [9.17, 15) is 8.78 Å². The number of hydrogen-bond acceptors (Lipinski definition) is 2. The molecular formula is C10H10BrF2NS. The monoisotopic (exact) mass is 293 g/mol. The molecule has 1 atom stereocenters. The highest BCUT2D eigenvalue weighted by atomic mass is 79.9. The summed E-state index contributed by atoms with van der Waals surface area (Å²) in [7, 11) is 0. The second kappa shape index (κ2) is 4.70. The van der Waals surface area contributed by atoms with Crippen LogP contribution < -0.4 is 5.32 Å². The van der Waals surface area contributed by atoms with E-state index in [4.69, 9.17) is 0 Å². The van der Waals surface area contributed by atoms with Crippen molar-refractivity contribution < 1.29 is 8.78 Å². The summed E-state index contributed by atoms with van der Waals surface area (Å²) in [5.41, 5.74) is -0.00861. The molecule has 0 aromatic heterocycles. The molecule has 5 heteroatoms. The second-order valence-electron chi connectivity index (χ2n) is 3.45. The maximum Gasteiger partial charge on any atom is 0.150 e. The van der Waals surface area contributed by atoms with E-state index in [0.29, 0.717) is 4.47 Å². The van der Waals surface area contributed by atoms with Crippen molar-refractivity contribution in [3.8, 4) is 0 Å². The Labute approximate surface area is 99.8 Å². The van der Waals surface area contributed by atoms with Gasteiger partial charge in [-0.3, -0.25) is 0 Å². The predicted octanol–water partition coefficient (Wildman–Crippen LogP) is 3.64. The van der Waals surface area contributed by atoms with Crippen LogP contribution >= 0.6 is 27.7 Å². The van der Waals surface area contributed by atoms with Gasteiger partial charge in [0.1, 0.15) is 17.3 Å². The molecule has 1 unspecified atom stereocenters. The fourth-order valence-electron chi connectivity index (χ4n) is 1.53. The lowest BCUT2D eigenvalue weighted by Gasteiger charge is -2.14. The quantitative estimate of drug-likeness (QED) is 0.893. The van der Waals surface area contributed by atoms with Crippen LogP contribution in [0.25, 0.3) is 0 Å². The maximum atomic E-state index is 13.4. The van der Waals surface area contributed by atoms with Crippen LogP contribution in [0.15, 0.2) is 16.6 Å². The van der Waals surface area contributed by atoms with Gasteiger partial charge in [-0.05, 0) is 24.3 Å². The van der Waals surface area contributed by atoms with Crippen LogP contribution in [0.4, 0.5) is 14.5 Å². The van der Waals surface area contributed by atoms with Crippen molar-refractivity contribution >= 4 is 33.4 Å². The van der Waals surface area contributed by atoms with Gasteiger partial charge in [0.25, 0.3) is 0 Å². The van der Waals surface area contributed by atoms with Gasteiger partial charge >= 0.3 is 0 Å². The van der Waals surface area contributed by atoms with E-state index in [1.165, 1.54) is 12.1 Å². The standard InChI is InChI=1S/C10H10BrF2NS/c11-6-3-8(12)10(9(13)4-6)14-7-1-2-15-5-7/h3-4,7,14H,1-2,5H2. The second-order valence-corrected chi connectivity index (χ2v) is 5.51. The summed E-state index contributed by atoms with van der Waals surface area (Å²) in [4.78, 5) is 0. The van der Waals surface area contributed by atoms with Crippen LogP contribution in [0.5, 0.6) is 0 Å². The fourth-order valence-corrected chi connectivity index (χ4v) is 3.09. The molecule has 0 radical (unpaired) electrons. The third-order valence-corrected chi connectivity index (χ3v) is 3.91. The van der Waals surface area contributed by atoms with Crippen LogP contribution in [-0.4, -0.2) is 17.5 Å². The third kappa shape index (κ3) is 2.64. The van der Waals surface area contributed by atoms with Crippen LogP contribution in [0.2, 0.25) is 0 Å². The van der Waals surface area contributed by atoms with Gasteiger partial charge < -0.3 is 5.32 Å². The molecule has 1 fully saturated rings. The highest BCUT2D eigenvalue weighted by Crippen LogP contribution is 2.27. The van der Waals surface area contributed by atoms with Gasteiger partial charge in [-0.1, -0.05) is 15.9 Å². The number of anilines is 1. The minimum Gasteiger partial charge on any atom is -0.377 e. The molecule has 82 valence electrons. The molecule has 1 saturated heterocycles. The highest BCUT2D eigenvalue weighted by molar-refractivity contribution is 9.10. The van der Waals surface area contributed by atoms with Crippen molar-refractivity contribution in [1.29, 1.82) is 0 Å². The van der Waals surface area contributed by atoms with Crippen LogP contribution in [-0.2, 0) is 0 Å². The SMILES string of the molecule is Fc1cc(Br)cc(F)c1NC1CCSC1. The molecule has 2 rings (SSSR count). The van der Waals surface area contributed by atoms with E-state index >= 15 is 0 Å². The molecule has 1 heterocycles. The summed E-state index contributed by atoms with van der Waals surface area (Å²) in [6.07, 6.45) is 0.958. The topological polar surface area (TPSA) is 12.0 Å². The van der Waals surface area contributed by atoms with E-state index < -0.39 is 11.6 Å². The molecule has 0 bridgehead atoms. The highest BCUT2D eigenvalue weighted by Gasteiger charge is 2.19. The van der Waals surface area contributed by atoms with Gasteiger partial charge in [0.05, 0.1) is 0 Å². The molecule has 0 spiro atoms. The van der Waals surface area contributed by atoms with Gasteiger partial charge in [0, 0.05) is 16.3 Å². The van der Waals surface area contributed by atoms with Gasteiger partial charge in [-0.25, -0.2) is 8.78 Å². The molecule has 15 heavy (non-hydrogen) atoms. The summed E-state index contributed by atoms with van der Waals surface area (Å²) >= 11 is 4.85. The molecule has 1 N–H and O–H groups in total. The van der Waals surface area contributed by atoms with Crippen molar-refractivity contribution in [3.05, 3.63) is 28.2 Å². The van der Waals surface area contributed by atoms with Crippen molar-refractivity contribution in [2.24, 2.45) is 0 Å². The van der Waals surface area contributed by atoms with Gasteiger partial charge in [-0.2, -0.15) is 11.8 Å². The van der Waals surface area contributed by atoms with Crippen LogP contribution in [0.1, 0.15) is 6.42 Å². The summed E-state index contributed by atoms with van der Waals surface area (Å²) in [5, 5.41) is 2.91. The van der Waals surface area contributed by atoms with E-state index in [1.807, 2.05) is 0 Å². The smallest absolute Gasteiger partial charge is 0.150 e. The Morgan fingerprint density at radius 1 is 1.33 bits per heavy atom. The van der Waals surface area contributed by atoms with E-state index in [2.05, 4.69) is 21.2 Å². The van der Waals surface area contributed by atoms with E-state index in [0.717, 1.165) is 17.9 Å². The molecule has 0 saturated carbocycles. The number of hydrogen-bond donors (Lipinski definition) is 1. The fraction of sp³-hybridized carbons (Fsp3) is 0.400. The van der Waals surface area contributed by atoms with Crippen LogP contribution in [0.3, 0.4) is 0 Å². The molecule has 0 aliphatic carbocycles. The molecular weight excluding hydrogens is 284 g/mol. The molecule has 1 aromatic carbocycles. The number of benzene rings is 1. The molecule has 1 aliphatic heterocycles. The number of halogens is 3. The Bertz CT molecular complexity index is 343.